The molecular weight excluding hydrogens is 491 g/mol. The summed E-state index contributed by atoms with van der Waals surface area (Å²) in [6, 6.07) is 3.43. The molecule has 2 saturated heterocycles. The number of fused-ring (bicyclic) bond motifs is 2. The molecule has 204 valence electrons. The van der Waals surface area contributed by atoms with E-state index in [-0.39, 0.29) is 25.3 Å². The van der Waals surface area contributed by atoms with Crippen LogP contribution in [0.1, 0.15) is 18.9 Å². The van der Waals surface area contributed by atoms with Crippen molar-refractivity contribution in [3.63, 3.8) is 0 Å². The van der Waals surface area contributed by atoms with Crippen molar-refractivity contribution in [1.29, 1.82) is 0 Å². The first kappa shape index (κ1) is 27.4. The summed E-state index contributed by atoms with van der Waals surface area (Å²) in [6.07, 6.45) is -11.7. The largest absolute Gasteiger partial charge is 0.573 e. The Morgan fingerprint density at radius 1 is 1.17 bits per heavy atom. The van der Waals surface area contributed by atoms with Crippen LogP contribution in [0.4, 0.5) is 13.2 Å². The van der Waals surface area contributed by atoms with Crippen molar-refractivity contribution in [3.05, 3.63) is 29.8 Å². The highest BCUT2D eigenvalue weighted by Crippen LogP contribution is 2.46. The number of likely N-dealkylation sites (N-methyl/N-ethyl adjacent to an activating group) is 1. The van der Waals surface area contributed by atoms with Crippen LogP contribution in [0.2, 0.25) is 0 Å². The Kier molecular flexibility index (Phi) is 7.58. The second-order valence-electron chi connectivity index (χ2n) is 9.57. The molecule has 1 aliphatic carbocycles. The van der Waals surface area contributed by atoms with E-state index in [9.17, 15) is 33.6 Å². The van der Waals surface area contributed by atoms with Crippen molar-refractivity contribution in [3.8, 4) is 5.75 Å². The number of alkyl halides is 3. The lowest BCUT2D eigenvalue weighted by Crippen LogP contribution is -2.81. The summed E-state index contributed by atoms with van der Waals surface area (Å²) in [7, 11) is 1.54. The molecule has 11 nitrogen and oxygen atoms in total. The van der Waals surface area contributed by atoms with Gasteiger partial charge in [-0.15, -0.1) is 13.2 Å². The normalized spacial score (nSPS) is 42.9. The zero-order chi connectivity index (χ0) is 26.5. The van der Waals surface area contributed by atoms with E-state index in [1.54, 1.807) is 20.0 Å². The summed E-state index contributed by atoms with van der Waals surface area (Å²) in [5.74, 6) is -2.80. The molecule has 8 N–H and O–H groups in total. The van der Waals surface area contributed by atoms with Crippen LogP contribution < -0.4 is 21.1 Å². The van der Waals surface area contributed by atoms with Gasteiger partial charge < -0.3 is 55.7 Å². The van der Waals surface area contributed by atoms with E-state index in [2.05, 4.69) is 15.4 Å². The quantitative estimate of drug-likeness (QED) is 0.236. The van der Waals surface area contributed by atoms with Crippen LogP contribution in [0.5, 0.6) is 5.75 Å². The molecule has 3 fully saturated rings. The van der Waals surface area contributed by atoms with Crippen molar-refractivity contribution < 1.29 is 52.5 Å². The monoisotopic (exact) mass is 523 g/mol. The molecule has 0 amide bonds. The lowest BCUT2D eigenvalue weighted by atomic mass is 9.78. The van der Waals surface area contributed by atoms with Gasteiger partial charge in [-0.25, -0.2) is 0 Å². The van der Waals surface area contributed by atoms with Crippen molar-refractivity contribution in [1.82, 2.24) is 10.6 Å². The first-order chi connectivity index (χ1) is 16.8. The van der Waals surface area contributed by atoms with Gasteiger partial charge in [-0.2, -0.15) is 0 Å². The first-order valence-corrected chi connectivity index (χ1v) is 11.6. The molecule has 14 heteroatoms. The van der Waals surface area contributed by atoms with Gasteiger partial charge >= 0.3 is 6.36 Å². The standard InChI is InChI=1S/C22H32F3N3O8/c1-10-7-20(31,9-28-8-11-4-3-5-12(6-11)35-22(23,24)25)21(32)19(33-10)34-18-16(30)13(26)15(29)14(27-2)17(18)36-21/h3-6,10,13-19,27-32H,7-9,26H2,1-2H3/t10-,13-,14+,15+,16+,17-,18?,19+,20-,21-/m1/s1. The van der Waals surface area contributed by atoms with Gasteiger partial charge in [0, 0.05) is 19.5 Å². The van der Waals surface area contributed by atoms with Crippen LogP contribution in [-0.4, -0.2) is 101 Å². The number of rotatable bonds is 6. The van der Waals surface area contributed by atoms with Gasteiger partial charge in [-0.05, 0) is 31.7 Å². The van der Waals surface area contributed by atoms with E-state index < -0.39 is 66.6 Å². The molecule has 36 heavy (non-hydrogen) atoms. The van der Waals surface area contributed by atoms with Gasteiger partial charge in [0.25, 0.3) is 0 Å². The molecule has 1 saturated carbocycles. The van der Waals surface area contributed by atoms with Crippen molar-refractivity contribution >= 4 is 0 Å². The minimum absolute atomic E-state index is 0.0334. The fourth-order valence-electron chi connectivity index (χ4n) is 5.18. The maximum atomic E-state index is 12.5. The van der Waals surface area contributed by atoms with E-state index in [4.69, 9.17) is 19.9 Å². The Bertz CT molecular complexity index is 929. The second kappa shape index (κ2) is 9.94. The SMILES string of the molecule is CN[C@H]1[C@@H](O)[C@@H](N)[C@H](O)C2O[C@@H]3O[C@H](C)C[C@@](O)(CNCc4cccc(OC(F)(F)F)c4)[C@]3(O)O[C@@H]21. The van der Waals surface area contributed by atoms with Crippen molar-refractivity contribution in [2.75, 3.05) is 13.6 Å². The first-order valence-electron chi connectivity index (χ1n) is 11.6. The van der Waals surface area contributed by atoms with Crippen LogP contribution in [0, 0.1) is 0 Å². The van der Waals surface area contributed by atoms with Gasteiger partial charge in [0.1, 0.15) is 29.7 Å². The summed E-state index contributed by atoms with van der Waals surface area (Å²) in [6.45, 7) is 1.43. The smallest absolute Gasteiger partial charge is 0.406 e. The number of benzene rings is 1. The average molecular weight is 524 g/mol. The van der Waals surface area contributed by atoms with Crippen molar-refractivity contribution in [2.24, 2.45) is 5.73 Å². The molecule has 3 aliphatic rings. The Morgan fingerprint density at radius 2 is 1.89 bits per heavy atom. The molecule has 4 rings (SSSR count). The maximum Gasteiger partial charge on any atom is 0.573 e. The summed E-state index contributed by atoms with van der Waals surface area (Å²) < 4.78 is 59.0. The fraction of sp³-hybridized carbons (Fsp3) is 0.727. The molecule has 10 atom stereocenters. The number of nitrogens with two attached hydrogens (primary N) is 1. The minimum Gasteiger partial charge on any atom is -0.406 e. The van der Waals surface area contributed by atoms with E-state index in [1.165, 1.54) is 18.2 Å². The number of halogens is 3. The highest BCUT2D eigenvalue weighted by Gasteiger charge is 2.68. The molecule has 2 heterocycles. The predicted molar refractivity (Wildman–Crippen MR) is 116 cm³/mol. The fourth-order valence-corrected chi connectivity index (χ4v) is 5.18. The number of aliphatic hydroxyl groups is 4. The summed E-state index contributed by atoms with van der Waals surface area (Å²) >= 11 is 0. The van der Waals surface area contributed by atoms with Crippen molar-refractivity contribution in [2.45, 2.75) is 86.5 Å². The number of hydrogen-bond donors (Lipinski definition) is 7. The third kappa shape index (κ3) is 5.07. The molecule has 2 aliphatic heterocycles. The van der Waals surface area contributed by atoms with Gasteiger partial charge in [-0.3, -0.25) is 0 Å². The number of ether oxygens (including phenoxy) is 4. The maximum absolute atomic E-state index is 12.5. The molecule has 0 spiro atoms. The van der Waals surface area contributed by atoms with Gasteiger partial charge in [-0.1, -0.05) is 12.1 Å². The summed E-state index contributed by atoms with van der Waals surface area (Å²) in [5, 5.41) is 50.0. The van der Waals surface area contributed by atoms with Crippen LogP contribution in [0.25, 0.3) is 0 Å². The highest BCUT2D eigenvalue weighted by atomic mass is 19.4. The highest BCUT2D eigenvalue weighted by molar-refractivity contribution is 5.28. The third-order valence-corrected chi connectivity index (χ3v) is 6.95. The lowest BCUT2D eigenvalue weighted by molar-refractivity contribution is -0.481. The number of aliphatic hydroxyl groups excluding tert-OH is 2. The molecule has 1 unspecified atom stereocenters. The van der Waals surface area contributed by atoms with Crippen LogP contribution in [0.15, 0.2) is 24.3 Å². The van der Waals surface area contributed by atoms with E-state index in [0.717, 1.165) is 0 Å². The molecule has 0 radical (unpaired) electrons. The topological polar surface area (TPSA) is 168 Å². The Hall–Kier alpha value is -1.59. The minimum atomic E-state index is -4.83. The number of hydrogen-bond acceptors (Lipinski definition) is 11. The van der Waals surface area contributed by atoms with E-state index >= 15 is 0 Å². The van der Waals surface area contributed by atoms with Gasteiger partial charge in [0.15, 0.2) is 0 Å². The summed E-state index contributed by atoms with van der Waals surface area (Å²) in [5.41, 5.74) is 4.39. The van der Waals surface area contributed by atoms with Crippen LogP contribution in [0.3, 0.4) is 0 Å². The molecular formula is C22H32F3N3O8. The summed E-state index contributed by atoms with van der Waals surface area (Å²) in [4.78, 5) is 0. The third-order valence-electron chi connectivity index (χ3n) is 6.95. The Morgan fingerprint density at radius 3 is 2.56 bits per heavy atom. The van der Waals surface area contributed by atoms with E-state index in [0.29, 0.717) is 5.56 Å². The Labute approximate surface area is 205 Å². The Balaban J connectivity index is 1.51. The molecule has 1 aromatic rings. The predicted octanol–water partition coefficient (Wildman–Crippen LogP) is -1.34. The molecule has 1 aromatic carbocycles. The zero-order valence-corrected chi connectivity index (χ0v) is 19.7. The van der Waals surface area contributed by atoms with Crippen LogP contribution >= 0.6 is 0 Å². The lowest BCUT2D eigenvalue weighted by Gasteiger charge is -2.60. The average Bonchev–Trinajstić information content (AvgIpc) is 2.77. The molecule has 0 bridgehead atoms. The van der Waals surface area contributed by atoms with Gasteiger partial charge in [0.2, 0.25) is 12.1 Å². The second-order valence-corrected chi connectivity index (χ2v) is 9.57. The molecule has 0 aromatic heterocycles. The zero-order valence-electron chi connectivity index (χ0n) is 19.7. The van der Waals surface area contributed by atoms with E-state index in [1.807, 2.05) is 0 Å². The van der Waals surface area contributed by atoms with Gasteiger partial charge in [0.05, 0.1) is 24.3 Å². The number of nitrogens with one attached hydrogen (secondary N) is 2. The van der Waals surface area contributed by atoms with Crippen LogP contribution in [-0.2, 0) is 20.8 Å².